The van der Waals surface area contributed by atoms with Crippen molar-refractivity contribution in [2.45, 2.75) is 19.1 Å². The van der Waals surface area contributed by atoms with Gasteiger partial charge in [0, 0.05) is 12.3 Å². The molecule has 0 fully saturated rings. The molecule has 0 heterocycles. The summed E-state index contributed by atoms with van der Waals surface area (Å²) in [5, 5.41) is 14.5. The topological polar surface area (TPSA) is 61.4 Å². The minimum atomic E-state index is -0.685. The number of amides is 1. The summed E-state index contributed by atoms with van der Waals surface area (Å²) < 4.78 is 0. The third-order valence-corrected chi connectivity index (χ3v) is 1.71. The van der Waals surface area contributed by atoms with E-state index in [9.17, 15) is 4.79 Å². The van der Waals surface area contributed by atoms with Crippen LogP contribution in [0.3, 0.4) is 0 Å². The van der Waals surface area contributed by atoms with Gasteiger partial charge in [0.15, 0.2) is 0 Å². The van der Waals surface area contributed by atoms with Crippen LogP contribution in [0.2, 0.25) is 0 Å². The van der Waals surface area contributed by atoms with Gasteiger partial charge >= 0.3 is 0 Å². The number of carbonyl (C=O) groups excluding carboxylic acids is 1. The summed E-state index contributed by atoms with van der Waals surface area (Å²) in [5.41, 5.74) is 0. The first-order valence-corrected chi connectivity index (χ1v) is 4.50. The highest BCUT2D eigenvalue weighted by atomic mass is 32.1. The summed E-state index contributed by atoms with van der Waals surface area (Å²) in [7, 11) is 1.64. The van der Waals surface area contributed by atoms with Gasteiger partial charge in [-0.1, -0.05) is 0 Å². The summed E-state index contributed by atoms with van der Waals surface area (Å²) in [5.74, 6) is 0.406. The molecule has 0 bridgehead atoms. The van der Waals surface area contributed by atoms with E-state index in [1.807, 2.05) is 0 Å². The molecule has 3 N–H and O–H groups in total. The molecule has 2 atom stereocenters. The molecule has 0 saturated carbocycles. The van der Waals surface area contributed by atoms with E-state index in [0.29, 0.717) is 12.3 Å². The Labute approximate surface area is 78.1 Å². The SMILES string of the molecule is CN[C@H](C(=O)NCCS)[C@@H](C)O. The number of hydrogen-bond donors (Lipinski definition) is 4. The van der Waals surface area contributed by atoms with Gasteiger partial charge in [-0.2, -0.15) is 12.6 Å². The van der Waals surface area contributed by atoms with Crippen LogP contribution in [-0.2, 0) is 4.79 Å². The van der Waals surface area contributed by atoms with Crippen molar-refractivity contribution in [3.63, 3.8) is 0 Å². The van der Waals surface area contributed by atoms with Crippen LogP contribution in [0, 0.1) is 0 Å². The second kappa shape index (κ2) is 6.28. The van der Waals surface area contributed by atoms with Gasteiger partial charge in [0.05, 0.1) is 6.10 Å². The normalized spacial score (nSPS) is 15.3. The van der Waals surface area contributed by atoms with E-state index in [1.165, 1.54) is 0 Å². The van der Waals surface area contributed by atoms with E-state index in [0.717, 1.165) is 0 Å². The number of carbonyl (C=O) groups is 1. The van der Waals surface area contributed by atoms with Gasteiger partial charge in [-0.15, -0.1) is 0 Å². The Hall–Kier alpha value is -0.260. The Morgan fingerprint density at radius 1 is 1.67 bits per heavy atom. The Balaban J connectivity index is 3.86. The van der Waals surface area contributed by atoms with Crippen LogP contribution in [0.5, 0.6) is 0 Å². The first kappa shape index (κ1) is 11.7. The van der Waals surface area contributed by atoms with E-state index in [4.69, 9.17) is 5.11 Å². The maximum absolute atomic E-state index is 11.2. The quantitative estimate of drug-likeness (QED) is 0.423. The number of nitrogens with one attached hydrogen (secondary N) is 2. The van der Waals surface area contributed by atoms with Crippen LogP contribution in [0.4, 0.5) is 0 Å². The molecule has 72 valence electrons. The van der Waals surface area contributed by atoms with Crippen molar-refractivity contribution in [1.29, 1.82) is 0 Å². The lowest BCUT2D eigenvalue weighted by Crippen LogP contribution is -2.49. The van der Waals surface area contributed by atoms with E-state index in [1.54, 1.807) is 14.0 Å². The zero-order valence-electron chi connectivity index (χ0n) is 7.37. The van der Waals surface area contributed by atoms with Crippen LogP contribution in [0.15, 0.2) is 0 Å². The summed E-state index contributed by atoms with van der Waals surface area (Å²) in [6, 6.07) is -0.537. The van der Waals surface area contributed by atoms with Crippen LogP contribution in [0.25, 0.3) is 0 Å². The monoisotopic (exact) mass is 192 g/mol. The predicted molar refractivity (Wildman–Crippen MR) is 51.4 cm³/mol. The van der Waals surface area contributed by atoms with Gasteiger partial charge < -0.3 is 15.7 Å². The molecule has 0 aliphatic heterocycles. The number of rotatable bonds is 5. The van der Waals surface area contributed by atoms with E-state index in [2.05, 4.69) is 23.3 Å². The van der Waals surface area contributed by atoms with Crippen LogP contribution in [0.1, 0.15) is 6.92 Å². The van der Waals surface area contributed by atoms with Gasteiger partial charge in [-0.3, -0.25) is 4.79 Å². The Morgan fingerprint density at radius 3 is 2.58 bits per heavy atom. The van der Waals surface area contributed by atoms with Crippen molar-refractivity contribution in [1.82, 2.24) is 10.6 Å². The zero-order chi connectivity index (χ0) is 9.56. The number of likely N-dealkylation sites (N-methyl/N-ethyl adjacent to an activating group) is 1. The van der Waals surface area contributed by atoms with E-state index in [-0.39, 0.29) is 5.91 Å². The molecule has 5 heteroatoms. The van der Waals surface area contributed by atoms with Crippen molar-refractivity contribution >= 4 is 18.5 Å². The number of aliphatic hydroxyl groups is 1. The molecule has 0 aliphatic rings. The minimum absolute atomic E-state index is 0.193. The third kappa shape index (κ3) is 3.94. The molecule has 0 aromatic heterocycles. The molecule has 0 aromatic carbocycles. The van der Waals surface area contributed by atoms with Gasteiger partial charge in [0.1, 0.15) is 6.04 Å². The molecule has 0 unspecified atom stereocenters. The molecule has 0 aromatic rings. The molecule has 0 radical (unpaired) electrons. The van der Waals surface area contributed by atoms with Crippen LogP contribution < -0.4 is 10.6 Å². The highest BCUT2D eigenvalue weighted by molar-refractivity contribution is 7.80. The Bertz CT molecular complexity index is 141. The average molecular weight is 192 g/mol. The molecule has 0 rings (SSSR count). The third-order valence-electron chi connectivity index (χ3n) is 1.49. The highest BCUT2D eigenvalue weighted by Gasteiger charge is 2.20. The first-order valence-electron chi connectivity index (χ1n) is 3.87. The number of aliphatic hydroxyl groups excluding tert-OH is 1. The second-order valence-corrected chi connectivity index (χ2v) is 2.97. The summed E-state index contributed by atoms with van der Waals surface area (Å²) in [6.45, 7) is 2.09. The standard InChI is InChI=1S/C7H16N2O2S/c1-5(10)6(8-2)7(11)9-3-4-12/h5-6,8,10,12H,3-4H2,1-2H3,(H,9,11)/t5-,6+/m1/s1. The van der Waals surface area contributed by atoms with Crippen molar-refractivity contribution in [2.75, 3.05) is 19.3 Å². The Kier molecular flexibility index (Phi) is 6.14. The number of thiol groups is 1. The second-order valence-electron chi connectivity index (χ2n) is 2.52. The summed E-state index contributed by atoms with van der Waals surface area (Å²) in [6.07, 6.45) is -0.685. The van der Waals surface area contributed by atoms with Crippen molar-refractivity contribution < 1.29 is 9.90 Å². The average Bonchev–Trinajstić information content (AvgIpc) is 2.01. The lowest BCUT2D eigenvalue weighted by molar-refractivity contribution is -0.125. The summed E-state index contributed by atoms with van der Waals surface area (Å²) >= 11 is 3.95. The molecule has 12 heavy (non-hydrogen) atoms. The largest absolute Gasteiger partial charge is 0.391 e. The zero-order valence-corrected chi connectivity index (χ0v) is 8.27. The molecular formula is C7H16N2O2S. The van der Waals surface area contributed by atoms with Crippen LogP contribution in [-0.4, -0.2) is 42.5 Å². The highest BCUT2D eigenvalue weighted by Crippen LogP contribution is 1.91. The van der Waals surface area contributed by atoms with Crippen molar-refractivity contribution in [3.05, 3.63) is 0 Å². The molecule has 0 aliphatic carbocycles. The molecule has 0 saturated heterocycles. The minimum Gasteiger partial charge on any atom is -0.391 e. The maximum Gasteiger partial charge on any atom is 0.239 e. The lowest BCUT2D eigenvalue weighted by Gasteiger charge is -2.17. The van der Waals surface area contributed by atoms with Crippen molar-refractivity contribution in [2.24, 2.45) is 0 Å². The maximum atomic E-state index is 11.2. The van der Waals surface area contributed by atoms with E-state index >= 15 is 0 Å². The first-order chi connectivity index (χ1) is 5.63. The Morgan fingerprint density at radius 2 is 2.25 bits per heavy atom. The van der Waals surface area contributed by atoms with Crippen molar-refractivity contribution in [3.8, 4) is 0 Å². The van der Waals surface area contributed by atoms with Gasteiger partial charge in [0.2, 0.25) is 5.91 Å². The van der Waals surface area contributed by atoms with E-state index < -0.39 is 12.1 Å². The van der Waals surface area contributed by atoms with Gasteiger partial charge in [-0.25, -0.2) is 0 Å². The molecule has 0 spiro atoms. The van der Waals surface area contributed by atoms with Gasteiger partial charge in [0.25, 0.3) is 0 Å². The molecule has 4 nitrogen and oxygen atoms in total. The fraction of sp³-hybridized carbons (Fsp3) is 0.857. The summed E-state index contributed by atoms with van der Waals surface area (Å²) in [4.78, 5) is 11.2. The fourth-order valence-corrected chi connectivity index (χ4v) is 0.992. The van der Waals surface area contributed by atoms with Gasteiger partial charge in [-0.05, 0) is 14.0 Å². The lowest BCUT2D eigenvalue weighted by atomic mass is 10.2. The predicted octanol–water partition coefficient (Wildman–Crippen LogP) is -0.999. The molecule has 1 amide bonds. The van der Waals surface area contributed by atoms with Crippen LogP contribution >= 0.6 is 12.6 Å². The smallest absolute Gasteiger partial charge is 0.239 e. The molecular weight excluding hydrogens is 176 g/mol. The number of hydrogen-bond acceptors (Lipinski definition) is 4. The fourth-order valence-electron chi connectivity index (χ4n) is 0.880.